The van der Waals surface area contributed by atoms with Crippen LogP contribution < -0.4 is 21.3 Å². The minimum Gasteiger partial charge on any atom is -0.355 e. The molecular formula is C16H30N4O4S. The van der Waals surface area contributed by atoms with Crippen molar-refractivity contribution in [2.24, 2.45) is 0 Å². The van der Waals surface area contributed by atoms with Crippen LogP contribution in [-0.4, -0.2) is 60.3 Å². The van der Waals surface area contributed by atoms with Crippen molar-refractivity contribution >= 4 is 35.4 Å². The van der Waals surface area contributed by atoms with Crippen LogP contribution in [0.4, 0.5) is 0 Å². The van der Waals surface area contributed by atoms with Crippen LogP contribution in [0.1, 0.15) is 40.5 Å². The molecule has 0 aliphatic heterocycles. The van der Waals surface area contributed by atoms with Gasteiger partial charge in [-0.05, 0) is 13.8 Å². The van der Waals surface area contributed by atoms with E-state index in [9.17, 15) is 19.2 Å². The van der Waals surface area contributed by atoms with Crippen molar-refractivity contribution in [2.45, 2.75) is 52.6 Å². The van der Waals surface area contributed by atoms with E-state index in [0.29, 0.717) is 24.6 Å². The van der Waals surface area contributed by atoms with Gasteiger partial charge in [0.05, 0.1) is 0 Å². The molecule has 144 valence electrons. The molecule has 8 nitrogen and oxygen atoms in total. The lowest BCUT2D eigenvalue weighted by Gasteiger charge is -2.20. The van der Waals surface area contributed by atoms with E-state index < -0.39 is 12.1 Å². The molecule has 0 heterocycles. The van der Waals surface area contributed by atoms with Gasteiger partial charge in [-0.1, -0.05) is 13.8 Å². The zero-order chi connectivity index (χ0) is 19.2. The third-order valence-electron chi connectivity index (χ3n) is 3.22. The summed E-state index contributed by atoms with van der Waals surface area (Å²) in [5.41, 5.74) is 0. The van der Waals surface area contributed by atoms with Crippen LogP contribution in [0, 0.1) is 0 Å². The van der Waals surface area contributed by atoms with E-state index in [0.717, 1.165) is 0 Å². The number of thioether (sulfide) groups is 1. The van der Waals surface area contributed by atoms with E-state index in [1.165, 1.54) is 11.8 Å². The number of amides is 4. The van der Waals surface area contributed by atoms with E-state index in [1.807, 2.05) is 0 Å². The van der Waals surface area contributed by atoms with Crippen molar-refractivity contribution in [3.63, 3.8) is 0 Å². The highest BCUT2D eigenvalue weighted by molar-refractivity contribution is 7.99. The van der Waals surface area contributed by atoms with Crippen molar-refractivity contribution in [3.8, 4) is 0 Å². The smallest absolute Gasteiger partial charge is 0.243 e. The molecule has 25 heavy (non-hydrogen) atoms. The molecule has 0 rings (SSSR count). The summed E-state index contributed by atoms with van der Waals surface area (Å²) in [4.78, 5) is 47.3. The summed E-state index contributed by atoms with van der Waals surface area (Å²) in [6.07, 6.45) is 0.573. The largest absolute Gasteiger partial charge is 0.355 e. The molecule has 0 bridgehead atoms. The zero-order valence-electron chi connectivity index (χ0n) is 15.4. The van der Waals surface area contributed by atoms with E-state index in [1.54, 1.807) is 27.7 Å². The Bertz CT molecular complexity index is 419. The molecular weight excluding hydrogens is 344 g/mol. The number of rotatable bonds is 12. The Hall–Kier alpha value is -1.77. The Kier molecular flexibility index (Phi) is 12.6. The number of nitrogens with one attached hydrogen (secondary N) is 4. The quantitative estimate of drug-likeness (QED) is 0.377. The molecule has 0 radical (unpaired) electrons. The minimum atomic E-state index is -0.672. The van der Waals surface area contributed by atoms with Gasteiger partial charge in [-0.25, -0.2) is 0 Å². The minimum absolute atomic E-state index is 0.212. The predicted octanol–water partition coefficient (Wildman–Crippen LogP) is -0.219. The van der Waals surface area contributed by atoms with Gasteiger partial charge in [0.1, 0.15) is 12.1 Å². The topological polar surface area (TPSA) is 116 Å². The van der Waals surface area contributed by atoms with Crippen LogP contribution in [0.2, 0.25) is 0 Å². The number of carbonyl (C=O) groups is 4. The van der Waals surface area contributed by atoms with Gasteiger partial charge in [0, 0.05) is 37.4 Å². The van der Waals surface area contributed by atoms with Crippen LogP contribution in [-0.2, 0) is 19.2 Å². The van der Waals surface area contributed by atoms with Gasteiger partial charge in [-0.2, -0.15) is 11.8 Å². The molecule has 0 aliphatic carbocycles. The fourth-order valence-electron chi connectivity index (χ4n) is 1.86. The second-order valence-electron chi connectivity index (χ2n) is 5.27. The summed E-state index contributed by atoms with van der Waals surface area (Å²) >= 11 is 1.33. The lowest BCUT2D eigenvalue weighted by molar-refractivity contribution is -0.128. The maximum Gasteiger partial charge on any atom is 0.243 e. The molecule has 2 atom stereocenters. The Morgan fingerprint density at radius 3 is 1.36 bits per heavy atom. The molecule has 9 heteroatoms. The van der Waals surface area contributed by atoms with Crippen molar-refractivity contribution in [2.75, 3.05) is 24.6 Å². The highest BCUT2D eigenvalue weighted by Crippen LogP contribution is 2.07. The van der Waals surface area contributed by atoms with Crippen LogP contribution >= 0.6 is 11.8 Å². The molecule has 0 saturated carbocycles. The van der Waals surface area contributed by atoms with E-state index >= 15 is 0 Å². The van der Waals surface area contributed by atoms with Crippen molar-refractivity contribution < 1.29 is 19.2 Å². The Labute approximate surface area is 153 Å². The maximum absolute atomic E-state index is 12.0. The predicted molar refractivity (Wildman–Crippen MR) is 99.1 cm³/mol. The molecule has 0 aliphatic rings. The second-order valence-corrected chi connectivity index (χ2v) is 6.35. The Balaban J connectivity index is 4.73. The first-order chi connectivity index (χ1) is 11.9. The van der Waals surface area contributed by atoms with Gasteiger partial charge in [0.2, 0.25) is 23.6 Å². The number of hydrogen-bond donors (Lipinski definition) is 4. The fraction of sp³-hybridized carbons (Fsp3) is 0.750. The molecule has 4 amide bonds. The first-order valence-corrected chi connectivity index (χ1v) is 9.76. The lowest BCUT2D eigenvalue weighted by Crippen LogP contribution is -2.50. The fourth-order valence-corrected chi connectivity index (χ4v) is 2.93. The monoisotopic (exact) mass is 374 g/mol. The molecule has 0 aromatic rings. The van der Waals surface area contributed by atoms with E-state index in [4.69, 9.17) is 0 Å². The van der Waals surface area contributed by atoms with Crippen molar-refractivity contribution in [3.05, 3.63) is 0 Å². The van der Waals surface area contributed by atoms with Crippen LogP contribution in [0.5, 0.6) is 0 Å². The summed E-state index contributed by atoms with van der Waals surface area (Å²) in [7, 11) is 0. The molecule has 0 fully saturated rings. The van der Waals surface area contributed by atoms with Crippen molar-refractivity contribution in [1.29, 1.82) is 0 Å². The molecule has 0 saturated heterocycles. The van der Waals surface area contributed by atoms with Gasteiger partial charge < -0.3 is 21.3 Å². The summed E-state index contributed by atoms with van der Waals surface area (Å²) in [5.74, 6) is -0.314. The van der Waals surface area contributed by atoms with Gasteiger partial charge in [-0.15, -0.1) is 0 Å². The zero-order valence-corrected chi connectivity index (χ0v) is 16.3. The average molecular weight is 375 g/mol. The molecule has 2 unspecified atom stereocenters. The van der Waals surface area contributed by atoms with E-state index in [2.05, 4.69) is 21.3 Å². The first kappa shape index (κ1) is 23.2. The average Bonchev–Trinajstić information content (AvgIpc) is 2.59. The van der Waals surface area contributed by atoms with Gasteiger partial charge in [0.15, 0.2) is 0 Å². The Morgan fingerprint density at radius 2 is 1.08 bits per heavy atom. The normalized spacial score (nSPS) is 12.6. The Morgan fingerprint density at radius 1 is 0.720 bits per heavy atom. The summed E-state index contributed by atoms with van der Waals surface area (Å²) in [5, 5.41) is 10.7. The summed E-state index contributed by atoms with van der Waals surface area (Å²) in [6.45, 7) is 7.96. The van der Waals surface area contributed by atoms with Gasteiger partial charge in [0.25, 0.3) is 0 Å². The highest BCUT2D eigenvalue weighted by Gasteiger charge is 2.23. The number of carbonyl (C=O) groups excluding carboxylic acids is 4. The van der Waals surface area contributed by atoms with E-state index in [-0.39, 0.29) is 36.5 Å². The molecule has 4 N–H and O–H groups in total. The SMILES string of the molecule is CCNC(=O)C(CSCC(NC(=O)CC)C(=O)NCC)NC(=O)CC. The number of hydrogen-bond acceptors (Lipinski definition) is 5. The summed E-state index contributed by atoms with van der Waals surface area (Å²) in [6, 6.07) is -1.34. The van der Waals surface area contributed by atoms with Crippen LogP contribution in [0.3, 0.4) is 0 Å². The summed E-state index contributed by atoms with van der Waals surface area (Å²) < 4.78 is 0. The van der Waals surface area contributed by atoms with Crippen LogP contribution in [0.15, 0.2) is 0 Å². The van der Waals surface area contributed by atoms with Crippen molar-refractivity contribution in [1.82, 2.24) is 21.3 Å². The third-order valence-corrected chi connectivity index (χ3v) is 4.35. The third kappa shape index (κ3) is 9.96. The maximum atomic E-state index is 12.0. The first-order valence-electron chi connectivity index (χ1n) is 8.61. The van der Waals surface area contributed by atoms with Gasteiger partial charge in [-0.3, -0.25) is 19.2 Å². The van der Waals surface area contributed by atoms with Crippen LogP contribution in [0.25, 0.3) is 0 Å². The number of likely N-dealkylation sites (N-methyl/N-ethyl adjacent to an activating group) is 2. The standard InChI is InChI=1S/C16H30N4O4S/c1-5-13(21)19-11(15(23)17-7-3)9-25-10-12(16(24)18-8-4)20-14(22)6-2/h11-12H,5-10H2,1-4H3,(H,17,23)(H,18,24)(H,19,21)(H,20,22). The molecule has 0 aromatic heterocycles. The lowest BCUT2D eigenvalue weighted by atomic mass is 10.3. The molecule has 0 spiro atoms. The highest BCUT2D eigenvalue weighted by atomic mass is 32.2. The molecule has 0 aromatic carbocycles. The van der Waals surface area contributed by atoms with Gasteiger partial charge >= 0.3 is 0 Å². The second kappa shape index (κ2) is 13.5.